The zero-order valence-electron chi connectivity index (χ0n) is 10.3. The predicted octanol–water partition coefficient (Wildman–Crippen LogP) is 1.31. The highest BCUT2D eigenvalue weighted by atomic mass is 16.2. The number of carbonyl (C=O) groups excluding carboxylic acids is 1. The van der Waals surface area contributed by atoms with Crippen LogP contribution in [-0.2, 0) is 0 Å². The molecule has 92 valence electrons. The second-order valence-corrected chi connectivity index (χ2v) is 5.71. The average Bonchev–Trinajstić information content (AvgIpc) is 2.44. The highest BCUT2D eigenvalue weighted by Gasteiger charge is 2.41. The third-order valence-corrected chi connectivity index (χ3v) is 4.14. The lowest BCUT2D eigenvalue weighted by molar-refractivity contribution is 0.147. The molecule has 0 aromatic rings. The van der Waals surface area contributed by atoms with E-state index in [4.69, 9.17) is 5.73 Å². The minimum absolute atomic E-state index is 0.0929. The normalized spacial score (nSPS) is 26.8. The lowest BCUT2D eigenvalue weighted by atomic mass is 9.80. The maximum Gasteiger partial charge on any atom is 0.318 e. The van der Waals surface area contributed by atoms with Gasteiger partial charge in [0, 0.05) is 12.1 Å². The maximum atomic E-state index is 11.9. The molecule has 2 rings (SSSR count). The van der Waals surface area contributed by atoms with E-state index in [0.29, 0.717) is 18.5 Å². The molecule has 2 amide bonds. The van der Waals surface area contributed by atoms with Crippen LogP contribution in [0.5, 0.6) is 0 Å². The van der Waals surface area contributed by atoms with E-state index in [9.17, 15) is 4.79 Å². The standard InChI is InChI=1S/C12H23N3O/c1-12(2,6-7-13)15-8-10(14-11(15)16)9-4-3-5-9/h9-10H,3-8,13H2,1-2H3,(H,14,16). The van der Waals surface area contributed by atoms with Gasteiger partial charge in [0.2, 0.25) is 0 Å². The summed E-state index contributed by atoms with van der Waals surface area (Å²) >= 11 is 0. The molecule has 0 bridgehead atoms. The minimum atomic E-state index is -0.114. The van der Waals surface area contributed by atoms with E-state index in [-0.39, 0.29) is 11.6 Å². The van der Waals surface area contributed by atoms with E-state index in [2.05, 4.69) is 19.2 Å². The Morgan fingerprint density at radius 3 is 2.69 bits per heavy atom. The molecule has 16 heavy (non-hydrogen) atoms. The number of carbonyl (C=O) groups is 1. The fourth-order valence-electron chi connectivity index (χ4n) is 2.68. The van der Waals surface area contributed by atoms with Crippen LogP contribution in [0.1, 0.15) is 39.5 Å². The summed E-state index contributed by atoms with van der Waals surface area (Å²) in [6, 6.07) is 0.466. The van der Waals surface area contributed by atoms with Crippen molar-refractivity contribution in [2.24, 2.45) is 11.7 Å². The molecule has 4 heteroatoms. The van der Waals surface area contributed by atoms with Gasteiger partial charge in [-0.15, -0.1) is 0 Å². The van der Waals surface area contributed by atoms with Gasteiger partial charge in [-0.3, -0.25) is 0 Å². The summed E-state index contributed by atoms with van der Waals surface area (Å²) in [5.41, 5.74) is 5.49. The van der Waals surface area contributed by atoms with Crippen LogP contribution in [0.3, 0.4) is 0 Å². The first-order valence-electron chi connectivity index (χ1n) is 6.33. The lowest BCUT2D eigenvalue weighted by Gasteiger charge is -2.35. The number of amides is 2. The first kappa shape index (κ1) is 11.7. The molecule has 1 saturated heterocycles. The van der Waals surface area contributed by atoms with E-state index >= 15 is 0 Å². The number of hydrogen-bond donors (Lipinski definition) is 2. The molecule has 2 aliphatic rings. The first-order valence-corrected chi connectivity index (χ1v) is 6.33. The van der Waals surface area contributed by atoms with Gasteiger partial charge in [0.1, 0.15) is 0 Å². The van der Waals surface area contributed by atoms with Crippen LogP contribution in [-0.4, -0.2) is 35.6 Å². The lowest BCUT2D eigenvalue weighted by Crippen LogP contribution is -2.47. The third-order valence-electron chi connectivity index (χ3n) is 4.14. The summed E-state index contributed by atoms with van der Waals surface area (Å²) in [5.74, 6) is 0.711. The monoisotopic (exact) mass is 225 g/mol. The Hall–Kier alpha value is -0.770. The Labute approximate surface area is 97.6 Å². The van der Waals surface area contributed by atoms with Gasteiger partial charge in [0.25, 0.3) is 0 Å². The van der Waals surface area contributed by atoms with Crippen molar-refractivity contribution in [2.45, 2.75) is 51.1 Å². The number of nitrogens with two attached hydrogens (primary N) is 1. The average molecular weight is 225 g/mol. The summed E-state index contributed by atoms with van der Waals surface area (Å²) < 4.78 is 0. The van der Waals surface area contributed by atoms with Gasteiger partial charge in [-0.25, -0.2) is 4.79 Å². The first-order chi connectivity index (χ1) is 7.54. The molecule has 1 heterocycles. The van der Waals surface area contributed by atoms with E-state index in [1.165, 1.54) is 19.3 Å². The Morgan fingerprint density at radius 2 is 2.19 bits per heavy atom. The van der Waals surface area contributed by atoms with Gasteiger partial charge < -0.3 is 16.0 Å². The van der Waals surface area contributed by atoms with Crippen molar-refractivity contribution in [3.05, 3.63) is 0 Å². The molecule has 4 nitrogen and oxygen atoms in total. The Bertz CT molecular complexity index is 273. The Balaban J connectivity index is 1.98. The predicted molar refractivity (Wildman–Crippen MR) is 64.1 cm³/mol. The number of rotatable bonds is 4. The largest absolute Gasteiger partial charge is 0.333 e. The Morgan fingerprint density at radius 1 is 1.50 bits per heavy atom. The van der Waals surface area contributed by atoms with Crippen LogP contribution in [0.4, 0.5) is 4.79 Å². The fourth-order valence-corrected chi connectivity index (χ4v) is 2.68. The van der Waals surface area contributed by atoms with Gasteiger partial charge in [-0.2, -0.15) is 0 Å². The van der Waals surface area contributed by atoms with E-state index in [0.717, 1.165) is 13.0 Å². The minimum Gasteiger partial charge on any atom is -0.333 e. The quantitative estimate of drug-likeness (QED) is 0.758. The molecular weight excluding hydrogens is 202 g/mol. The summed E-state index contributed by atoms with van der Waals surface area (Å²) in [6.45, 7) is 5.69. The fraction of sp³-hybridized carbons (Fsp3) is 0.917. The SMILES string of the molecule is CC(C)(CCN)N1CC(C2CCC2)NC1=O. The highest BCUT2D eigenvalue weighted by Crippen LogP contribution is 2.33. The molecule has 1 aliphatic carbocycles. The van der Waals surface area contributed by atoms with Crippen molar-refractivity contribution >= 4 is 6.03 Å². The molecular formula is C12H23N3O. The summed E-state index contributed by atoms with van der Waals surface area (Å²) in [4.78, 5) is 13.9. The summed E-state index contributed by atoms with van der Waals surface area (Å²) in [5, 5.41) is 3.12. The molecule has 1 saturated carbocycles. The van der Waals surface area contributed by atoms with Crippen LogP contribution in [0, 0.1) is 5.92 Å². The molecule has 1 atom stereocenters. The second kappa shape index (κ2) is 4.24. The molecule has 0 aromatic heterocycles. The zero-order valence-corrected chi connectivity index (χ0v) is 10.3. The highest BCUT2D eigenvalue weighted by molar-refractivity contribution is 5.77. The smallest absolute Gasteiger partial charge is 0.318 e. The summed E-state index contributed by atoms with van der Waals surface area (Å²) in [7, 11) is 0. The van der Waals surface area contributed by atoms with Crippen molar-refractivity contribution in [1.82, 2.24) is 10.2 Å². The van der Waals surface area contributed by atoms with Crippen molar-refractivity contribution in [1.29, 1.82) is 0 Å². The number of nitrogens with zero attached hydrogens (tertiary/aromatic N) is 1. The van der Waals surface area contributed by atoms with Crippen LogP contribution < -0.4 is 11.1 Å². The third kappa shape index (κ3) is 2.03. The molecule has 2 fully saturated rings. The van der Waals surface area contributed by atoms with E-state index in [1.807, 2.05) is 4.90 Å². The van der Waals surface area contributed by atoms with Crippen LogP contribution >= 0.6 is 0 Å². The zero-order chi connectivity index (χ0) is 11.8. The molecule has 1 aliphatic heterocycles. The van der Waals surface area contributed by atoms with Crippen molar-refractivity contribution in [2.75, 3.05) is 13.1 Å². The number of nitrogens with one attached hydrogen (secondary N) is 1. The van der Waals surface area contributed by atoms with Gasteiger partial charge in [0.05, 0.1) is 6.04 Å². The second-order valence-electron chi connectivity index (χ2n) is 5.71. The van der Waals surface area contributed by atoms with Gasteiger partial charge in [-0.1, -0.05) is 6.42 Å². The van der Waals surface area contributed by atoms with Crippen molar-refractivity contribution in [3.63, 3.8) is 0 Å². The van der Waals surface area contributed by atoms with Crippen LogP contribution in [0.25, 0.3) is 0 Å². The van der Waals surface area contributed by atoms with Gasteiger partial charge >= 0.3 is 6.03 Å². The van der Waals surface area contributed by atoms with Crippen molar-refractivity contribution < 1.29 is 4.79 Å². The molecule has 0 aromatic carbocycles. The van der Waals surface area contributed by atoms with Crippen molar-refractivity contribution in [3.8, 4) is 0 Å². The molecule has 3 N–H and O–H groups in total. The van der Waals surface area contributed by atoms with Gasteiger partial charge in [-0.05, 0) is 45.6 Å². The summed E-state index contributed by atoms with van der Waals surface area (Å²) in [6.07, 6.45) is 4.73. The molecule has 1 unspecified atom stereocenters. The Kier molecular flexibility index (Phi) is 3.10. The molecule has 0 spiro atoms. The number of urea groups is 1. The van der Waals surface area contributed by atoms with Crippen LogP contribution in [0.2, 0.25) is 0 Å². The molecule has 0 radical (unpaired) electrons. The number of hydrogen-bond acceptors (Lipinski definition) is 2. The maximum absolute atomic E-state index is 11.9. The topological polar surface area (TPSA) is 58.4 Å². The van der Waals surface area contributed by atoms with Crippen LogP contribution in [0.15, 0.2) is 0 Å². The van der Waals surface area contributed by atoms with E-state index in [1.54, 1.807) is 0 Å². The van der Waals surface area contributed by atoms with E-state index < -0.39 is 0 Å². The van der Waals surface area contributed by atoms with Gasteiger partial charge in [0.15, 0.2) is 0 Å².